The summed E-state index contributed by atoms with van der Waals surface area (Å²) in [5, 5.41) is 9.61. The summed E-state index contributed by atoms with van der Waals surface area (Å²) in [5.74, 6) is 0.0825. The summed E-state index contributed by atoms with van der Waals surface area (Å²) in [6.07, 6.45) is 4.00. The Balaban J connectivity index is 1.52. The van der Waals surface area contributed by atoms with Gasteiger partial charge in [0.15, 0.2) is 0 Å². The molecule has 1 aromatic rings. The number of hydrogen-bond acceptors (Lipinski definition) is 2. The van der Waals surface area contributed by atoms with Gasteiger partial charge in [-0.1, -0.05) is 30.7 Å². The zero-order valence-corrected chi connectivity index (χ0v) is 13.4. The number of carbonyl (C=O) groups excluding carboxylic acids is 1. The average Bonchev–Trinajstić information content (AvgIpc) is 3.02. The molecule has 4 heteroatoms. The van der Waals surface area contributed by atoms with Gasteiger partial charge in [-0.05, 0) is 55.1 Å². The molecule has 1 aromatic carbocycles. The molecule has 5 unspecified atom stereocenters. The molecule has 0 radical (unpaired) electrons. The SMILES string of the molecule is Cc1ccccc1C1CC1C(=O)N1CC2CCCC2C1C(=O)O. The molecule has 5 atom stereocenters. The van der Waals surface area contributed by atoms with Crippen LogP contribution in [0.3, 0.4) is 0 Å². The van der Waals surface area contributed by atoms with Gasteiger partial charge in [-0.15, -0.1) is 0 Å². The van der Waals surface area contributed by atoms with Crippen molar-refractivity contribution in [2.45, 2.75) is 44.6 Å². The van der Waals surface area contributed by atoms with Gasteiger partial charge in [0, 0.05) is 12.5 Å². The third-order valence-electron chi connectivity index (χ3n) is 6.12. The molecular formula is C19H23NO3. The van der Waals surface area contributed by atoms with Crippen LogP contribution in [0.25, 0.3) is 0 Å². The zero-order valence-electron chi connectivity index (χ0n) is 13.4. The Morgan fingerprint density at radius 2 is 2.00 bits per heavy atom. The van der Waals surface area contributed by atoms with E-state index in [0.717, 1.165) is 25.7 Å². The molecule has 3 fully saturated rings. The fourth-order valence-electron chi connectivity index (χ4n) is 4.88. The van der Waals surface area contributed by atoms with Crippen LogP contribution in [0.4, 0.5) is 0 Å². The van der Waals surface area contributed by atoms with Crippen LogP contribution in [0, 0.1) is 24.7 Å². The zero-order chi connectivity index (χ0) is 16.1. The molecule has 0 spiro atoms. The Morgan fingerprint density at radius 3 is 2.74 bits per heavy atom. The molecule has 0 aromatic heterocycles. The molecule has 1 heterocycles. The van der Waals surface area contributed by atoms with Gasteiger partial charge >= 0.3 is 5.97 Å². The molecule has 2 aliphatic carbocycles. The lowest BCUT2D eigenvalue weighted by Crippen LogP contribution is -2.44. The second-order valence-electron chi connectivity index (χ2n) is 7.43. The fourth-order valence-corrected chi connectivity index (χ4v) is 4.88. The molecular weight excluding hydrogens is 290 g/mol. The van der Waals surface area contributed by atoms with E-state index in [1.165, 1.54) is 11.1 Å². The van der Waals surface area contributed by atoms with Gasteiger partial charge in [-0.3, -0.25) is 4.79 Å². The Hall–Kier alpha value is -1.84. The second-order valence-corrected chi connectivity index (χ2v) is 7.43. The van der Waals surface area contributed by atoms with E-state index >= 15 is 0 Å². The van der Waals surface area contributed by atoms with Crippen molar-refractivity contribution in [3.63, 3.8) is 0 Å². The summed E-state index contributed by atoms with van der Waals surface area (Å²) in [4.78, 5) is 26.3. The van der Waals surface area contributed by atoms with Gasteiger partial charge in [0.25, 0.3) is 0 Å². The number of fused-ring (bicyclic) bond motifs is 1. The predicted octanol–water partition coefficient (Wildman–Crippen LogP) is 2.81. The number of aryl methyl sites for hydroxylation is 1. The summed E-state index contributed by atoms with van der Waals surface area (Å²) in [7, 11) is 0. The van der Waals surface area contributed by atoms with Crippen molar-refractivity contribution in [2.75, 3.05) is 6.54 Å². The monoisotopic (exact) mass is 313 g/mol. The van der Waals surface area contributed by atoms with E-state index in [9.17, 15) is 14.7 Å². The van der Waals surface area contributed by atoms with Crippen LogP contribution in [0.1, 0.15) is 42.7 Å². The molecule has 4 rings (SSSR count). The van der Waals surface area contributed by atoms with Gasteiger partial charge in [-0.25, -0.2) is 4.79 Å². The van der Waals surface area contributed by atoms with Gasteiger partial charge in [0.1, 0.15) is 6.04 Å². The molecule has 1 N–H and O–H groups in total. The number of rotatable bonds is 3. The van der Waals surface area contributed by atoms with Gasteiger partial charge in [-0.2, -0.15) is 0 Å². The normalized spacial score (nSPS) is 35.2. The van der Waals surface area contributed by atoms with E-state index in [-0.39, 0.29) is 23.7 Å². The number of aliphatic carboxylic acids is 1. The Bertz CT molecular complexity index is 656. The van der Waals surface area contributed by atoms with Crippen LogP contribution in [0.5, 0.6) is 0 Å². The molecule has 4 nitrogen and oxygen atoms in total. The quantitative estimate of drug-likeness (QED) is 0.933. The Labute approximate surface area is 136 Å². The van der Waals surface area contributed by atoms with E-state index in [0.29, 0.717) is 12.5 Å². The first kappa shape index (κ1) is 14.7. The van der Waals surface area contributed by atoms with Crippen molar-refractivity contribution in [2.24, 2.45) is 17.8 Å². The molecule has 2 saturated carbocycles. The van der Waals surface area contributed by atoms with E-state index in [1.807, 2.05) is 12.1 Å². The first-order valence-corrected chi connectivity index (χ1v) is 8.66. The lowest BCUT2D eigenvalue weighted by molar-refractivity contribution is -0.150. The first-order valence-electron chi connectivity index (χ1n) is 8.66. The molecule has 122 valence electrons. The third kappa shape index (κ3) is 2.35. The van der Waals surface area contributed by atoms with Gasteiger partial charge < -0.3 is 10.0 Å². The van der Waals surface area contributed by atoms with E-state index in [1.54, 1.807) is 4.90 Å². The van der Waals surface area contributed by atoms with E-state index in [4.69, 9.17) is 0 Å². The van der Waals surface area contributed by atoms with Crippen LogP contribution in [-0.4, -0.2) is 34.5 Å². The predicted molar refractivity (Wildman–Crippen MR) is 86.0 cm³/mol. The van der Waals surface area contributed by atoms with Crippen molar-refractivity contribution in [1.29, 1.82) is 0 Å². The number of carbonyl (C=O) groups is 2. The van der Waals surface area contributed by atoms with Crippen LogP contribution in [0.15, 0.2) is 24.3 Å². The molecule has 1 aliphatic heterocycles. The first-order chi connectivity index (χ1) is 11.1. The topological polar surface area (TPSA) is 57.6 Å². The summed E-state index contributed by atoms with van der Waals surface area (Å²) in [5.41, 5.74) is 2.47. The number of amides is 1. The highest BCUT2D eigenvalue weighted by Crippen LogP contribution is 2.51. The number of benzene rings is 1. The van der Waals surface area contributed by atoms with Gasteiger partial charge in [0.2, 0.25) is 5.91 Å². The summed E-state index contributed by atoms with van der Waals surface area (Å²) >= 11 is 0. The number of carboxylic acids is 1. The minimum Gasteiger partial charge on any atom is -0.480 e. The van der Waals surface area contributed by atoms with Gasteiger partial charge in [0.05, 0.1) is 0 Å². The minimum absolute atomic E-state index is 0.0169. The lowest BCUT2D eigenvalue weighted by Gasteiger charge is -2.24. The number of carboxylic acid groups (broad SMARTS) is 1. The summed E-state index contributed by atoms with van der Waals surface area (Å²) < 4.78 is 0. The highest BCUT2D eigenvalue weighted by molar-refractivity contribution is 5.88. The highest BCUT2D eigenvalue weighted by atomic mass is 16.4. The minimum atomic E-state index is -0.819. The van der Waals surface area contributed by atoms with Crippen LogP contribution in [-0.2, 0) is 9.59 Å². The van der Waals surface area contributed by atoms with Crippen molar-refractivity contribution in [3.05, 3.63) is 35.4 Å². The van der Waals surface area contributed by atoms with Crippen LogP contribution in [0.2, 0.25) is 0 Å². The Morgan fingerprint density at radius 1 is 1.22 bits per heavy atom. The standard InChI is InChI=1S/C19H23NO3/c1-11-5-2-3-7-13(11)15-9-16(15)18(21)20-10-12-6-4-8-14(12)17(20)19(22)23/h2-3,5,7,12,14-17H,4,6,8-10H2,1H3,(H,22,23). The second kappa shape index (κ2) is 5.36. The Kier molecular flexibility index (Phi) is 3.43. The number of likely N-dealkylation sites (tertiary alicyclic amines) is 1. The number of nitrogens with zero attached hydrogens (tertiary/aromatic N) is 1. The molecule has 23 heavy (non-hydrogen) atoms. The largest absolute Gasteiger partial charge is 0.480 e. The molecule has 1 amide bonds. The molecule has 0 bridgehead atoms. The lowest BCUT2D eigenvalue weighted by atomic mass is 9.94. The van der Waals surface area contributed by atoms with Crippen molar-refractivity contribution in [1.82, 2.24) is 4.90 Å². The maximum atomic E-state index is 12.9. The third-order valence-corrected chi connectivity index (χ3v) is 6.12. The maximum Gasteiger partial charge on any atom is 0.326 e. The van der Waals surface area contributed by atoms with Crippen molar-refractivity contribution in [3.8, 4) is 0 Å². The maximum absolute atomic E-state index is 12.9. The van der Waals surface area contributed by atoms with Crippen LogP contribution < -0.4 is 0 Å². The smallest absolute Gasteiger partial charge is 0.326 e. The summed E-state index contributed by atoms with van der Waals surface area (Å²) in [6.45, 7) is 2.73. The summed E-state index contributed by atoms with van der Waals surface area (Å²) in [6, 6.07) is 7.62. The molecule has 1 saturated heterocycles. The van der Waals surface area contributed by atoms with E-state index < -0.39 is 12.0 Å². The molecule has 3 aliphatic rings. The van der Waals surface area contributed by atoms with E-state index in [2.05, 4.69) is 19.1 Å². The van der Waals surface area contributed by atoms with Crippen molar-refractivity contribution >= 4 is 11.9 Å². The highest BCUT2D eigenvalue weighted by Gasteiger charge is 2.54. The van der Waals surface area contributed by atoms with Crippen molar-refractivity contribution < 1.29 is 14.7 Å². The van der Waals surface area contributed by atoms with Crippen LogP contribution >= 0.6 is 0 Å². The fraction of sp³-hybridized carbons (Fsp3) is 0.579. The number of hydrogen-bond donors (Lipinski definition) is 1. The average molecular weight is 313 g/mol.